The summed E-state index contributed by atoms with van der Waals surface area (Å²) in [7, 11) is 0. The zero-order valence-corrected chi connectivity index (χ0v) is 9.26. The van der Waals surface area contributed by atoms with Crippen LogP contribution in [0, 0.1) is 0 Å². The third kappa shape index (κ3) is 2.21. The van der Waals surface area contributed by atoms with Gasteiger partial charge in [0.15, 0.2) is 0 Å². The molecule has 1 saturated carbocycles. The highest BCUT2D eigenvalue weighted by molar-refractivity contribution is 5.69. The number of carbonyl (C=O) groups excluding carboxylic acids is 1. The Morgan fingerprint density at radius 2 is 1.59 bits per heavy atom. The molecule has 92 valence electrons. The van der Waals surface area contributed by atoms with Gasteiger partial charge in [0.1, 0.15) is 6.29 Å². The van der Waals surface area contributed by atoms with Crippen molar-refractivity contribution < 1.29 is 18.0 Å². The molecule has 0 aromatic heterocycles. The maximum Gasteiger partial charge on any atom is 0.416 e. The van der Waals surface area contributed by atoms with Gasteiger partial charge in [0.2, 0.25) is 0 Å². The lowest BCUT2D eigenvalue weighted by Crippen LogP contribution is -2.23. The van der Waals surface area contributed by atoms with Crippen molar-refractivity contribution in [3.05, 3.63) is 35.4 Å². The van der Waals surface area contributed by atoms with Crippen molar-refractivity contribution in [3.63, 3.8) is 0 Å². The average Bonchev–Trinajstić information content (AvgIpc) is 2.78. The van der Waals surface area contributed by atoms with Crippen molar-refractivity contribution in [2.75, 3.05) is 0 Å². The summed E-state index contributed by atoms with van der Waals surface area (Å²) in [6, 6.07) is 4.98. The molecule has 0 heterocycles. The second-order valence-electron chi connectivity index (χ2n) is 4.56. The molecule has 0 spiro atoms. The van der Waals surface area contributed by atoms with Crippen LogP contribution in [0.4, 0.5) is 13.2 Å². The predicted octanol–water partition coefficient (Wildman–Crippen LogP) is 3.72. The molecule has 0 N–H and O–H groups in total. The van der Waals surface area contributed by atoms with Crippen LogP contribution in [0.1, 0.15) is 36.8 Å². The molecule has 0 bridgehead atoms. The second-order valence-corrected chi connectivity index (χ2v) is 4.56. The van der Waals surface area contributed by atoms with Gasteiger partial charge in [0.05, 0.1) is 11.0 Å². The Kier molecular flexibility index (Phi) is 2.98. The van der Waals surface area contributed by atoms with Crippen LogP contribution < -0.4 is 0 Å². The summed E-state index contributed by atoms with van der Waals surface area (Å²) in [6.07, 6.45) is -0.0333. The first-order chi connectivity index (χ1) is 7.98. The Morgan fingerprint density at radius 3 is 2.00 bits per heavy atom. The SMILES string of the molecule is O=CC1(c2ccc(C(F)(F)F)cc2)CCCC1. The van der Waals surface area contributed by atoms with Crippen LogP contribution >= 0.6 is 0 Å². The standard InChI is InChI=1S/C13H13F3O/c14-13(15,16)11-5-3-10(4-6-11)12(9-17)7-1-2-8-12/h3-6,9H,1-2,7-8H2. The van der Waals surface area contributed by atoms with E-state index in [9.17, 15) is 18.0 Å². The van der Waals surface area contributed by atoms with E-state index in [1.54, 1.807) is 0 Å². The van der Waals surface area contributed by atoms with E-state index in [4.69, 9.17) is 0 Å². The summed E-state index contributed by atoms with van der Waals surface area (Å²) in [6.45, 7) is 0. The Bertz CT molecular complexity index is 400. The molecule has 1 aromatic carbocycles. The molecule has 1 aliphatic carbocycles. The summed E-state index contributed by atoms with van der Waals surface area (Å²) in [5, 5.41) is 0. The number of rotatable bonds is 2. The number of hydrogen-bond donors (Lipinski definition) is 0. The molecule has 1 aliphatic rings. The molecule has 2 rings (SSSR count). The third-order valence-corrected chi connectivity index (χ3v) is 3.51. The molecule has 0 aliphatic heterocycles. The Labute approximate surface area is 97.6 Å². The number of aldehydes is 1. The van der Waals surface area contributed by atoms with Gasteiger partial charge in [-0.25, -0.2) is 0 Å². The quantitative estimate of drug-likeness (QED) is 0.722. The average molecular weight is 242 g/mol. The van der Waals surface area contributed by atoms with E-state index in [0.29, 0.717) is 5.56 Å². The molecule has 0 radical (unpaired) electrons. The monoisotopic (exact) mass is 242 g/mol. The lowest BCUT2D eigenvalue weighted by atomic mass is 9.80. The van der Waals surface area contributed by atoms with Gasteiger partial charge in [-0.15, -0.1) is 0 Å². The lowest BCUT2D eigenvalue weighted by molar-refractivity contribution is -0.137. The van der Waals surface area contributed by atoms with Gasteiger partial charge in [0.25, 0.3) is 0 Å². The van der Waals surface area contributed by atoms with Crippen LogP contribution in [0.15, 0.2) is 24.3 Å². The van der Waals surface area contributed by atoms with Gasteiger partial charge in [-0.1, -0.05) is 25.0 Å². The Hall–Kier alpha value is -1.32. The number of halogens is 3. The van der Waals surface area contributed by atoms with Crippen molar-refractivity contribution in [2.24, 2.45) is 0 Å². The summed E-state index contributed by atoms with van der Waals surface area (Å²) in [5.74, 6) is 0. The minimum Gasteiger partial charge on any atom is -0.302 e. The molecule has 17 heavy (non-hydrogen) atoms. The van der Waals surface area contributed by atoms with Gasteiger partial charge < -0.3 is 4.79 Å². The minimum absolute atomic E-state index is 0.551. The molecule has 0 amide bonds. The minimum atomic E-state index is -4.32. The first kappa shape index (κ1) is 12.1. The zero-order chi connectivity index (χ0) is 12.5. The van der Waals surface area contributed by atoms with E-state index >= 15 is 0 Å². The first-order valence-corrected chi connectivity index (χ1v) is 5.62. The van der Waals surface area contributed by atoms with Crippen LogP contribution in [0.3, 0.4) is 0 Å². The fourth-order valence-corrected chi connectivity index (χ4v) is 2.47. The number of carbonyl (C=O) groups is 1. The summed E-state index contributed by atoms with van der Waals surface area (Å²) < 4.78 is 37.2. The van der Waals surface area contributed by atoms with Crippen LogP contribution in [0.5, 0.6) is 0 Å². The normalized spacial score (nSPS) is 19.2. The second kappa shape index (κ2) is 4.17. The summed E-state index contributed by atoms with van der Waals surface area (Å²) in [5.41, 5.74) is -0.511. The highest BCUT2D eigenvalue weighted by atomic mass is 19.4. The van der Waals surface area contributed by atoms with E-state index < -0.39 is 17.2 Å². The van der Waals surface area contributed by atoms with Gasteiger partial charge >= 0.3 is 6.18 Å². The number of alkyl halides is 3. The van der Waals surface area contributed by atoms with Crippen molar-refractivity contribution in [2.45, 2.75) is 37.3 Å². The van der Waals surface area contributed by atoms with Crippen LogP contribution in [-0.4, -0.2) is 6.29 Å². The molecule has 1 nitrogen and oxygen atoms in total. The molecule has 0 unspecified atom stereocenters. The van der Waals surface area contributed by atoms with Crippen molar-refractivity contribution >= 4 is 6.29 Å². The van der Waals surface area contributed by atoms with Gasteiger partial charge in [-0.05, 0) is 30.5 Å². The summed E-state index contributed by atoms with van der Waals surface area (Å²) in [4.78, 5) is 11.2. The molecular formula is C13H13F3O. The van der Waals surface area contributed by atoms with Crippen molar-refractivity contribution in [1.29, 1.82) is 0 Å². The highest BCUT2D eigenvalue weighted by Gasteiger charge is 2.36. The maximum atomic E-state index is 12.4. The van der Waals surface area contributed by atoms with Crippen LogP contribution in [-0.2, 0) is 16.4 Å². The third-order valence-electron chi connectivity index (χ3n) is 3.51. The van der Waals surface area contributed by atoms with Gasteiger partial charge in [0, 0.05) is 0 Å². The predicted molar refractivity (Wildman–Crippen MR) is 57.7 cm³/mol. The van der Waals surface area contributed by atoms with Crippen LogP contribution in [0.2, 0.25) is 0 Å². The van der Waals surface area contributed by atoms with E-state index in [-0.39, 0.29) is 0 Å². The van der Waals surface area contributed by atoms with E-state index in [1.807, 2.05) is 0 Å². The molecule has 4 heteroatoms. The first-order valence-electron chi connectivity index (χ1n) is 5.62. The molecular weight excluding hydrogens is 229 g/mol. The van der Waals surface area contributed by atoms with Crippen molar-refractivity contribution in [1.82, 2.24) is 0 Å². The number of hydrogen-bond acceptors (Lipinski definition) is 1. The van der Waals surface area contributed by atoms with E-state index in [0.717, 1.165) is 44.1 Å². The zero-order valence-electron chi connectivity index (χ0n) is 9.26. The van der Waals surface area contributed by atoms with Crippen LogP contribution in [0.25, 0.3) is 0 Å². The summed E-state index contributed by atoms with van der Waals surface area (Å²) >= 11 is 0. The fraction of sp³-hybridized carbons (Fsp3) is 0.462. The molecule has 0 saturated heterocycles. The highest BCUT2D eigenvalue weighted by Crippen LogP contribution is 2.40. The maximum absolute atomic E-state index is 12.4. The fourth-order valence-electron chi connectivity index (χ4n) is 2.47. The number of benzene rings is 1. The Morgan fingerprint density at radius 1 is 1.06 bits per heavy atom. The molecule has 0 atom stereocenters. The smallest absolute Gasteiger partial charge is 0.302 e. The largest absolute Gasteiger partial charge is 0.416 e. The van der Waals surface area contributed by atoms with Gasteiger partial charge in [-0.2, -0.15) is 13.2 Å². The van der Waals surface area contributed by atoms with Crippen molar-refractivity contribution in [3.8, 4) is 0 Å². The lowest BCUT2D eigenvalue weighted by Gasteiger charge is -2.22. The van der Waals surface area contributed by atoms with E-state index in [2.05, 4.69) is 0 Å². The van der Waals surface area contributed by atoms with E-state index in [1.165, 1.54) is 12.1 Å². The molecule has 1 fully saturated rings. The van der Waals surface area contributed by atoms with Gasteiger partial charge in [-0.3, -0.25) is 0 Å². The molecule has 1 aromatic rings. The Balaban J connectivity index is 2.32. The topological polar surface area (TPSA) is 17.1 Å².